The van der Waals surface area contributed by atoms with Crippen molar-refractivity contribution in [3.63, 3.8) is 0 Å². The first kappa shape index (κ1) is 16.3. The predicted molar refractivity (Wildman–Crippen MR) is 94.2 cm³/mol. The van der Waals surface area contributed by atoms with Gasteiger partial charge >= 0.3 is 0 Å². The van der Waals surface area contributed by atoms with Gasteiger partial charge in [0.15, 0.2) is 0 Å². The number of hydrogen-bond acceptors (Lipinski definition) is 3. The molecule has 2 atom stereocenters. The quantitative estimate of drug-likeness (QED) is 0.768. The summed E-state index contributed by atoms with van der Waals surface area (Å²) in [5.41, 5.74) is 5.18. The summed E-state index contributed by atoms with van der Waals surface area (Å²) in [5, 5.41) is 3.77. The maximum Gasteiger partial charge on any atom is 0.0478 e. The van der Waals surface area contributed by atoms with Crippen molar-refractivity contribution in [1.82, 2.24) is 25.1 Å². The third kappa shape index (κ3) is 4.05. The van der Waals surface area contributed by atoms with E-state index in [0.29, 0.717) is 12.1 Å². The van der Waals surface area contributed by atoms with Gasteiger partial charge in [-0.2, -0.15) is 0 Å². The molecule has 0 unspecified atom stereocenters. The first-order valence-corrected chi connectivity index (χ1v) is 8.42. The van der Waals surface area contributed by atoms with Crippen LogP contribution in [-0.2, 0) is 13.1 Å². The van der Waals surface area contributed by atoms with Crippen LogP contribution in [0, 0.1) is 0 Å². The number of rotatable bonds is 6. The summed E-state index contributed by atoms with van der Waals surface area (Å²) >= 11 is 0. The summed E-state index contributed by atoms with van der Waals surface area (Å²) in [6, 6.07) is 9.71. The normalized spacial score (nSPS) is 21.7. The van der Waals surface area contributed by atoms with Crippen molar-refractivity contribution in [2.75, 3.05) is 28.2 Å². The van der Waals surface area contributed by atoms with Crippen molar-refractivity contribution in [2.45, 2.75) is 38.0 Å². The molecule has 5 heteroatoms. The van der Waals surface area contributed by atoms with Crippen molar-refractivity contribution in [2.24, 2.45) is 0 Å². The summed E-state index contributed by atoms with van der Waals surface area (Å²) in [4.78, 5) is 11.5. The van der Waals surface area contributed by atoms with E-state index >= 15 is 0 Å². The molecule has 5 nitrogen and oxygen atoms in total. The molecule has 2 aromatic rings. The van der Waals surface area contributed by atoms with E-state index in [1.54, 1.807) is 0 Å². The Labute approximate surface area is 139 Å². The van der Waals surface area contributed by atoms with Crippen LogP contribution >= 0.6 is 0 Å². The van der Waals surface area contributed by atoms with Gasteiger partial charge in [-0.1, -0.05) is 0 Å². The Hall–Kier alpha value is -1.56. The maximum atomic E-state index is 3.77. The minimum Gasteiger partial charge on any atom is -0.360 e. The molecular formula is C18H29N5. The van der Waals surface area contributed by atoms with E-state index in [-0.39, 0.29) is 0 Å². The Morgan fingerprint density at radius 2 is 1.22 bits per heavy atom. The van der Waals surface area contributed by atoms with Crippen LogP contribution in [0.5, 0.6) is 0 Å². The van der Waals surface area contributed by atoms with Gasteiger partial charge in [-0.05, 0) is 65.3 Å². The fourth-order valence-corrected chi connectivity index (χ4v) is 3.42. The van der Waals surface area contributed by atoms with Gasteiger partial charge in [0.2, 0.25) is 0 Å². The smallest absolute Gasteiger partial charge is 0.0478 e. The monoisotopic (exact) mass is 315 g/mol. The zero-order valence-electron chi connectivity index (χ0n) is 14.7. The minimum atomic E-state index is 0.427. The lowest BCUT2D eigenvalue weighted by atomic mass is 10.1. The lowest BCUT2D eigenvalue weighted by Crippen LogP contribution is -2.18. The third-order valence-corrected chi connectivity index (χ3v) is 4.41. The molecule has 126 valence electrons. The Morgan fingerprint density at radius 3 is 1.61 bits per heavy atom. The summed E-state index contributed by atoms with van der Waals surface area (Å²) in [7, 11) is 8.39. The van der Waals surface area contributed by atoms with Crippen LogP contribution in [0.15, 0.2) is 24.3 Å². The van der Waals surface area contributed by atoms with E-state index in [2.05, 4.69) is 77.5 Å². The molecule has 23 heavy (non-hydrogen) atoms. The SMILES string of the molecule is CN(C)Cc1ccc([C@@H]2CC[C@H](c3ccc(CN(C)C)[nH]3)N2)[nH]1. The highest BCUT2D eigenvalue weighted by molar-refractivity contribution is 5.22. The van der Waals surface area contributed by atoms with Gasteiger partial charge in [0.1, 0.15) is 0 Å². The highest BCUT2D eigenvalue weighted by Gasteiger charge is 2.27. The molecule has 0 bridgehead atoms. The second-order valence-corrected chi connectivity index (χ2v) is 7.20. The Kier molecular flexibility index (Phi) is 4.90. The van der Waals surface area contributed by atoms with Crippen LogP contribution in [0.4, 0.5) is 0 Å². The van der Waals surface area contributed by atoms with Crippen molar-refractivity contribution in [3.8, 4) is 0 Å². The molecule has 1 saturated heterocycles. The third-order valence-electron chi connectivity index (χ3n) is 4.41. The van der Waals surface area contributed by atoms with Crippen molar-refractivity contribution in [1.29, 1.82) is 0 Å². The maximum absolute atomic E-state index is 3.77. The fraction of sp³-hybridized carbons (Fsp3) is 0.556. The second kappa shape index (κ2) is 6.91. The van der Waals surface area contributed by atoms with Gasteiger partial charge in [0, 0.05) is 47.9 Å². The number of nitrogens with zero attached hydrogens (tertiary/aromatic N) is 2. The number of H-pyrrole nitrogens is 2. The number of aromatic amines is 2. The van der Waals surface area contributed by atoms with Crippen LogP contribution in [0.1, 0.15) is 47.7 Å². The van der Waals surface area contributed by atoms with E-state index in [9.17, 15) is 0 Å². The molecule has 0 aliphatic carbocycles. The molecule has 3 heterocycles. The summed E-state index contributed by atoms with van der Waals surface area (Å²) in [6.45, 7) is 1.92. The van der Waals surface area contributed by atoms with Gasteiger partial charge < -0.3 is 25.1 Å². The van der Waals surface area contributed by atoms with Gasteiger partial charge in [0.05, 0.1) is 0 Å². The molecule has 3 rings (SSSR count). The van der Waals surface area contributed by atoms with Crippen LogP contribution < -0.4 is 5.32 Å². The molecule has 1 aliphatic heterocycles. The Morgan fingerprint density at radius 1 is 0.783 bits per heavy atom. The van der Waals surface area contributed by atoms with Crippen molar-refractivity contribution in [3.05, 3.63) is 47.0 Å². The largest absolute Gasteiger partial charge is 0.360 e. The molecule has 1 fully saturated rings. The molecule has 1 aliphatic rings. The van der Waals surface area contributed by atoms with E-state index in [1.807, 2.05) is 0 Å². The van der Waals surface area contributed by atoms with Gasteiger partial charge in [-0.3, -0.25) is 0 Å². The zero-order chi connectivity index (χ0) is 16.4. The standard InChI is InChI=1S/C18H29N5/c1-22(2)11-13-5-7-15(19-13)17-9-10-18(21-17)16-8-6-14(20-16)12-23(3)4/h5-8,17-21H,9-12H2,1-4H3/t17-,18+. The average molecular weight is 315 g/mol. The second-order valence-electron chi connectivity index (χ2n) is 7.20. The predicted octanol–water partition coefficient (Wildman–Crippen LogP) is 2.63. The van der Waals surface area contributed by atoms with Crippen LogP contribution in [0.25, 0.3) is 0 Å². The molecule has 2 aromatic heterocycles. The first-order valence-electron chi connectivity index (χ1n) is 8.42. The van der Waals surface area contributed by atoms with E-state index in [0.717, 1.165) is 13.1 Å². The van der Waals surface area contributed by atoms with E-state index in [4.69, 9.17) is 0 Å². The van der Waals surface area contributed by atoms with Gasteiger partial charge in [-0.15, -0.1) is 0 Å². The highest BCUT2D eigenvalue weighted by Crippen LogP contribution is 2.33. The van der Waals surface area contributed by atoms with E-state index < -0.39 is 0 Å². The summed E-state index contributed by atoms with van der Waals surface area (Å²) in [6.07, 6.45) is 2.35. The van der Waals surface area contributed by atoms with Gasteiger partial charge in [0.25, 0.3) is 0 Å². The summed E-state index contributed by atoms with van der Waals surface area (Å²) < 4.78 is 0. The van der Waals surface area contributed by atoms with Gasteiger partial charge in [-0.25, -0.2) is 0 Å². The number of nitrogens with one attached hydrogen (secondary N) is 3. The number of aromatic nitrogens is 2. The highest BCUT2D eigenvalue weighted by atomic mass is 15.1. The van der Waals surface area contributed by atoms with E-state index in [1.165, 1.54) is 35.6 Å². The number of hydrogen-bond donors (Lipinski definition) is 3. The first-order chi connectivity index (χ1) is 11.0. The molecule has 0 aromatic carbocycles. The molecule has 0 saturated carbocycles. The van der Waals surface area contributed by atoms with Crippen molar-refractivity contribution >= 4 is 0 Å². The fourth-order valence-electron chi connectivity index (χ4n) is 3.42. The topological polar surface area (TPSA) is 50.1 Å². The lowest BCUT2D eigenvalue weighted by molar-refractivity contribution is 0.396. The van der Waals surface area contributed by atoms with Crippen LogP contribution in [-0.4, -0.2) is 48.0 Å². The molecule has 3 N–H and O–H groups in total. The minimum absolute atomic E-state index is 0.427. The molecule has 0 spiro atoms. The Bertz CT molecular complexity index is 571. The zero-order valence-corrected chi connectivity index (χ0v) is 14.7. The summed E-state index contributed by atoms with van der Waals surface area (Å²) in [5.74, 6) is 0. The molecule has 0 amide bonds. The van der Waals surface area contributed by atoms with Crippen LogP contribution in [0.2, 0.25) is 0 Å². The average Bonchev–Trinajstić information content (AvgIpc) is 3.15. The molecular weight excluding hydrogens is 286 g/mol. The van der Waals surface area contributed by atoms with Crippen molar-refractivity contribution < 1.29 is 0 Å². The lowest BCUT2D eigenvalue weighted by Gasteiger charge is -2.13. The molecule has 0 radical (unpaired) electrons. The Balaban J connectivity index is 1.61. The van der Waals surface area contributed by atoms with Crippen LogP contribution in [0.3, 0.4) is 0 Å².